The Labute approximate surface area is 217 Å². The van der Waals surface area contributed by atoms with E-state index in [-0.39, 0.29) is 25.0 Å². The van der Waals surface area contributed by atoms with E-state index in [9.17, 15) is 26.4 Å². The molecule has 36 heavy (non-hydrogen) atoms. The lowest BCUT2D eigenvalue weighted by molar-refractivity contribution is -0.139. The van der Waals surface area contributed by atoms with Crippen molar-refractivity contribution in [1.29, 1.82) is 0 Å². The van der Waals surface area contributed by atoms with Gasteiger partial charge in [0.1, 0.15) is 6.67 Å². The molecule has 0 saturated heterocycles. The molecule has 0 saturated carbocycles. The van der Waals surface area contributed by atoms with Gasteiger partial charge >= 0.3 is 5.97 Å². The minimum absolute atomic E-state index is 0.119. The van der Waals surface area contributed by atoms with Crippen LogP contribution in [0.5, 0.6) is 0 Å². The summed E-state index contributed by atoms with van der Waals surface area (Å²) in [5.74, 6) is -0.530. The summed E-state index contributed by atoms with van der Waals surface area (Å²) >= 11 is 2.71. The van der Waals surface area contributed by atoms with Crippen molar-refractivity contribution in [1.82, 2.24) is 4.98 Å². The van der Waals surface area contributed by atoms with Crippen LogP contribution < -0.4 is 13.9 Å². The van der Waals surface area contributed by atoms with E-state index in [1.54, 1.807) is 30.3 Å². The number of fused-ring (bicyclic) bond motifs is 1. The van der Waals surface area contributed by atoms with Crippen molar-refractivity contribution in [3.8, 4) is 0 Å². The monoisotopic (exact) mass is 572 g/mol. The summed E-state index contributed by atoms with van der Waals surface area (Å²) in [5.41, 5.74) is 1.42. The highest BCUT2D eigenvalue weighted by atomic mass is 32.2. The summed E-state index contributed by atoms with van der Waals surface area (Å²) in [7, 11) is -5.63. The number of ether oxygens (including phenoxy) is 1. The lowest BCUT2D eigenvalue weighted by Gasteiger charge is -2.17. The molecule has 0 fully saturated rings. The number of esters is 1. The zero-order chi connectivity index (χ0) is 26.7. The summed E-state index contributed by atoms with van der Waals surface area (Å²) in [6, 6.07) is 10.1. The molecule has 15 heteroatoms. The highest BCUT2D eigenvalue weighted by molar-refractivity contribution is 7.93. The SMILES string of the molecule is COC(=O)Cc1nc(NC(=O)c2cccs2)sc1C.CS(=O)(=O)N1CN(S(C)(=O)=O)c2ccccc21. The number of carbonyl (C=O) groups excluding carboxylic acids is 2. The number of aryl methyl sites for hydroxylation is 1. The van der Waals surface area contributed by atoms with Gasteiger partial charge in [0.05, 0.1) is 48.0 Å². The predicted octanol–water partition coefficient (Wildman–Crippen LogP) is 2.67. The molecule has 3 heterocycles. The molecule has 0 radical (unpaired) electrons. The number of carbonyl (C=O) groups is 2. The quantitative estimate of drug-likeness (QED) is 0.444. The first kappa shape index (κ1) is 27.6. The van der Waals surface area contributed by atoms with Gasteiger partial charge in [0.15, 0.2) is 5.13 Å². The van der Waals surface area contributed by atoms with Gasteiger partial charge in [-0.1, -0.05) is 18.2 Å². The Hall–Kier alpha value is -3.01. The molecule has 0 aliphatic carbocycles. The van der Waals surface area contributed by atoms with E-state index in [2.05, 4.69) is 15.0 Å². The Morgan fingerprint density at radius 3 is 2.08 bits per heavy atom. The number of hydrogen-bond donors (Lipinski definition) is 1. The normalized spacial score (nSPS) is 13.0. The number of sulfonamides is 2. The number of rotatable bonds is 6. The second kappa shape index (κ2) is 10.9. The zero-order valence-corrected chi connectivity index (χ0v) is 23.1. The number of methoxy groups -OCH3 is 1. The van der Waals surface area contributed by atoms with Crippen LogP contribution in [0.3, 0.4) is 0 Å². The first-order chi connectivity index (χ1) is 16.8. The number of nitrogens with one attached hydrogen (secondary N) is 1. The molecular weight excluding hydrogens is 549 g/mol. The number of anilines is 3. The maximum atomic E-state index is 11.8. The fourth-order valence-electron chi connectivity index (χ4n) is 3.14. The Balaban J connectivity index is 0.000000202. The van der Waals surface area contributed by atoms with Gasteiger partial charge in [-0.05, 0) is 30.5 Å². The van der Waals surface area contributed by atoms with Gasteiger partial charge in [0.25, 0.3) is 5.91 Å². The lowest BCUT2D eigenvalue weighted by Crippen LogP contribution is -2.37. The van der Waals surface area contributed by atoms with E-state index >= 15 is 0 Å². The molecule has 1 aromatic carbocycles. The van der Waals surface area contributed by atoms with Crippen molar-refractivity contribution in [3.63, 3.8) is 0 Å². The molecule has 0 unspecified atom stereocenters. The van der Waals surface area contributed by atoms with Gasteiger partial charge in [0, 0.05) is 4.88 Å². The molecule has 1 amide bonds. The molecular formula is C21H24N4O7S4. The Bertz CT molecular complexity index is 1410. The first-order valence-corrected chi connectivity index (χ1v) is 15.6. The molecule has 11 nitrogen and oxygen atoms in total. The Kier molecular flexibility index (Phi) is 8.38. The number of nitrogens with zero attached hydrogens (tertiary/aromatic N) is 3. The second-order valence-electron chi connectivity index (χ2n) is 7.56. The topological polar surface area (TPSA) is 143 Å². The number of thiazole rings is 1. The van der Waals surface area contributed by atoms with Gasteiger partial charge in [0.2, 0.25) is 20.0 Å². The fraction of sp³-hybridized carbons (Fsp3) is 0.286. The van der Waals surface area contributed by atoms with Crippen molar-refractivity contribution in [2.75, 3.05) is 40.2 Å². The van der Waals surface area contributed by atoms with E-state index in [1.165, 1.54) is 29.8 Å². The number of aromatic nitrogens is 1. The van der Waals surface area contributed by atoms with Crippen molar-refractivity contribution in [3.05, 3.63) is 57.2 Å². The summed E-state index contributed by atoms with van der Waals surface area (Å²) in [6.45, 7) is 1.66. The van der Waals surface area contributed by atoms with E-state index < -0.39 is 20.0 Å². The number of benzene rings is 1. The standard InChI is InChI=1S/C12H12N2O3S2.C9H12N2O4S2/c1-7-8(6-10(15)17-2)13-12(19-7)14-11(16)9-4-3-5-18-9;1-16(12,13)10-7-11(17(2,14)15)9-6-4-3-5-8(9)10/h3-5H,6H2,1-2H3,(H,13,14,16);3-6H,7H2,1-2H3. The van der Waals surface area contributed by atoms with Gasteiger partial charge in [-0.2, -0.15) is 0 Å². The number of para-hydroxylation sites is 2. The van der Waals surface area contributed by atoms with Gasteiger partial charge in [-0.25, -0.2) is 30.4 Å². The maximum Gasteiger partial charge on any atom is 0.311 e. The van der Waals surface area contributed by atoms with Crippen LogP contribution in [0.1, 0.15) is 20.2 Å². The van der Waals surface area contributed by atoms with Crippen LogP contribution >= 0.6 is 22.7 Å². The maximum absolute atomic E-state index is 11.8. The van der Waals surface area contributed by atoms with Crippen molar-refractivity contribution >= 4 is 71.1 Å². The summed E-state index contributed by atoms with van der Waals surface area (Å²) in [6.07, 6.45) is 2.22. The minimum atomic E-state index is -3.48. The molecule has 1 N–H and O–H groups in total. The predicted molar refractivity (Wildman–Crippen MR) is 141 cm³/mol. The molecule has 194 valence electrons. The Morgan fingerprint density at radius 2 is 1.61 bits per heavy atom. The highest BCUT2D eigenvalue weighted by Gasteiger charge is 2.35. The van der Waals surface area contributed by atoms with Crippen LogP contribution in [-0.2, 0) is 36.0 Å². The van der Waals surface area contributed by atoms with Crippen LogP contribution in [0.4, 0.5) is 16.5 Å². The molecule has 1 aliphatic heterocycles. The van der Waals surface area contributed by atoms with E-state index in [4.69, 9.17) is 0 Å². The number of thiophene rings is 1. The van der Waals surface area contributed by atoms with Crippen molar-refractivity contribution in [2.45, 2.75) is 13.3 Å². The fourth-order valence-corrected chi connectivity index (χ4v) is 6.33. The summed E-state index contributed by atoms with van der Waals surface area (Å²) in [4.78, 5) is 28.8. The molecule has 1 aliphatic rings. The zero-order valence-electron chi connectivity index (χ0n) is 19.8. The Morgan fingerprint density at radius 1 is 1.03 bits per heavy atom. The summed E-state index contributed by atoms with van der Waals surface area (Å²) in [5, 5.41) is 5.06. The molecule has 0 bridgehead atoms. The second-order valence-corrected chi connectivity index (χ2v) is 13.5. The average molecular weight is 573 g/mol. The van der Waals surface area contributed by atoms with Crippen LogP contribution in [0, 0.1) is 6.92 Å². The average Bonchev–Trinajstić information content (AvgIpc) is 3.52. The van der Waals surface area contributed by atoms with E-state index in [1.807, 2.05) is 18.4 Å². The van der Waals surface area contributed by atoms with E-state index in [0.29, 0.717) is 27.1 Å². The highest BCUT2D eigenvalue weighted by Crippen LogP contribution is 2.38. The van der Waals surface area contributed by atoms with Gasteiger partial charge in [-0.15, -0.1) is 22.7 Å². The third kappa shape index (κ3) is 6.60. The van der Waals surface area contributed by atoms with Crippen LogP contribution in [0.15, 0.2) is 41.8 Å². The molecule has 4 rings (SSSR count). The molecule has 0 spiro atoms. The lowest BCUT2D eigenvalue weighted by atomic mass is 10.3. The first-order valence-electron chi connectivity index (χ1n) is 10.2. The third-order valence-electron chi connectivity index (χ3n) is 4.87. The molecule has 3 aromatic rings. The third-order valence-corrected chi connectivity index (χ3v) is 8.90. The number of hydrogen-bond acceptors (Lipinski definition) is 10. The summed E-state index contributed by atoms with van der Waals surface area (Å²) < 4.78 is 53.0. The van der Waals surface area contributed by atoms with Crippen LogP contribution in [0.25, 0.3) is 0 Å². The van der Waals surface area contributed by atoms with Crippen molar-refractivity contribution < 1.29 is 31.2 Å². The van der Waals surface area contributed by atoms with E-state index in [0.717, 1.165) is 26.0 Å². The van der Waals surface area contributed by atoms with Gasteiger partial charge < -0.3 is 4.74 Å². The largest absolute Gasteiger partial charge is 0.469 e. The van der Waals surface area contributed by atoms with Crippen LogP contribution in [0.2, 0.25) is 0 Å². The van der Waals surface area contributed by atoms with Crippen molar-refractivity contribution in [2.24, 2.45) is 0 Å². The molecule has 2 aromatic heterocycles. The smallest absolute Gasteiger partial charge is 0.311 e. The molecule has 0 atom stereocenters. The minimum Gasteiger partial charge on any atom is -0.469 e. The van der Waals surface area contributed by atoms with Crippen LogP contribution in [-0.4, -0.2) is 60.0 Å². The van der Waals surface area contributed by atoms with Gasteiger partial charge in [-0.3, -0.25) is 14.9 Å². The number of amides is 1.